The Morgan fingerprint density at radius 3 is 2.07 bits per heavy atom. The highest BCUT2D eigenvalue weighted by Gasteiger charge is 2.56. The van der Waals surface area contributed by atoms with Crippen LogP contribution in [-0.4, -0.2) is 45.3 Å². The van der Waals surface area contributed by atoms with E-state index in [0.29, 0.717) is 16.8 Å². The van der Waals surface area contributed by atoms with Crippen molar-refractivity contribution in [3.05, 3.63) is 114 Å². The third kappa shape index (κ3) is 5.68. The minimum Gasteiger partial charge on any atom is -0.508 e. The molecule has 212 valence electrons. The Kier molecular flexibility index (Phi) is 7.58. The van der Waals surface area contributed by atoms with Crippen LogP contribution in [0.3, 0.4) is 0 Å². The fraction of sp³-hybridized carbons (Fsp3) is 0.138. The first-order valence-corrected chi connectivity index (χ1v) is 15.7. The van der Waals surface area contributed by atoms with Crippen molar-refractivity contribution in [2.24, 2.45) is 0 Å². The van der Waals surface area contributed by atoms with Crippen LogP contribution in [0.4, 0.5) is 10.1 Å². The molecule has 9 nitrogen and oxygen atoms in total. The van der Waals surface area contributed by atoms with Gasteiger partial charge in [-0.3, -0.25) is 9.36 Å². The maximum atomic E-state index is 13.5. The number of carbonyl (C=O) groups is 1. The standard InChI is InChI=1S/C29H25FNO8PS/c30-21-11-6-19(7-12-21)26(33)17-41(38,39)28-27(31(29(28)34)22-4-2-1-3-5-22)24-15-10-20(16-25(24)32)18-8-13-23(14-9-18)40(35,36)37/h1-16,26-28,32-33H,17H2,(H2,35,36,37)/t26-,27+,28+/m0/s1. The quantitative estimate of drug-likeness (QED) is 0.178. The highest BCUT2D eigenvalue weighted by Crippen LogP contribution is 2.46. The molecule has 0 radical (unpaired) electrons. The van der Waals surface area contributed by atoms with Gasteiger partial charge in [0.1, 0.15) is 11.6 Å². The van der Waals surface area contributed by atoms with Crippen LogP contribution in [0.15, 0.2) is 97.1 Å². The molecule has 0 unspecified atom stereocenters. The minimum absolute atomic E-state index is 0.161. The highest BCUT2D eigenvalue weighted by atomic mass is 32.2. The molecule has 1 amide bonds. The van der Waals surface area contributed by atoms with E-state index in [4.69, 9.17) is 0 Å². The second-order valence-electron chi connectivity index (χ2n) is 9.67. The highest BCUT2D eigenvalue weighted by molar-refractivity contribution is 7.93. The van der Waals surface area contributed by atoms with Crippen molar-refractivity contribution in [3.8, 4) is 16.9 Å². The number of phenols is 1. The average Bonchev–Trinajstić information content (AvgIpc) is 2.92. The Morgan fingerprint density at radius 2 is 1.49 bits per heavy atom. The number of rotatable bonds is 8. The van der Waals surface area contributed by atoms with Crippen LogP contribution in [0.5, 0.6) is 5.75 Å². The summed E-state index contributed by atoms with van der Waals surface area (Å²) in [5, 5.41) is 19.9. The molecule has 4 aromatic rings. The zero-order chi connectivity index (χ0) is 29.5. The van der Waals surface area contributed by atoms with Crippen molar-refractivity contribution >= 4 is 34.3 Å². The van der Waals surface area contributed by atoms with E-state index in [9.17, 15) is 42.2 Å². The summed E-state index contributed by atoms with van der Waals surface area (Å²) in [6.45, 7) is 0. The number of β-lactam (4-membered cyclic amide) rings is 1. The van der Waals surface area contributed by atoms with Crippen LogP contribution in [0.25, 0.3) is 11.1 Å². The lowest BCUT2D eigenvalue weighted by Gasteiger charge is -2.47. The monoisotopic (exact) mass is 597 g/mol. The summed E-state index contributed by atoms with van der Waals surface area (Å²) in [6, 6.07) is 22.0. The minimum atomic E-state index is -4.43. The maximum absolute atomic E-state index is 13.5. The van der Waals surface area contributed by atoms with Crippen molar-refractivity contribution < 1.29 is 42.2 Å². The number of anilines is 1. The first kappa shape index (κ1) is 28.7. The second kappa shape index (κ2) is 10.8. The molecule has 0 saturated carbocycles. The number of carbonyl (C=O) groups excluding carboxylic acids is 1. The number of para-hydroxylation sites is 1. The van der Waals surface area contributed by atoms with Crippen LogP contribution in [0, 0.1) is 5.82 Å². The number of aliphatic hydroxyl groups excluding tert-OH is 1. The summed E-state index contributed by atoms with van der Waals surface area (Å²) >= 11 is 0. The zero-order valence-electron chi connectivity index (χ0n) is 21.3. The van der Waals surface area contributed by atoms with Gasteiger partial charge in [-0.15, -0.1) is 0 Å². The summed E-state index contributed by atoms with van der Waals surface area (Å²) in [5.41, 5.74) is 1.79. The predicted octanol–water partition coefficient (Wildman–Crippen LogP) is 3.61. The number of halogens is 1. The van der Waals surface area contributed by atoms with Gasteiger partial charge in [0.25, 0.3) is 0 Å². The molecule has 0 bridgehead atoms. The molecule has 12 heteroatoms. The molecule has 1 aliphatic rings. The fourth-order valence-corrected chi connectivity index (χ4v) is 7.38. The van der Waals surface area contributed by atoms with E-state index in [-0.39, 0.29) is 22.2 Å². The predicted molar refractivity (Wildman–Crippen MR) is 151 cm³/mol. The van der Waals surface area contributed by atoms with E-state index < -0.39 is 52.3 Å². The largest absolute Gasteiger partial charge is 0.508 e. The molecule has 0 aromatic heterocycles. The Balaban J connectivity index is 1.50. The Hall–Kier alpha value is -3.86. The summed E-state index contributed by atoms with van der Waals surface area (Å²) in [4.78, 5) is 33.3. The van der Waals surface area contributed by atoms with Crippen molar-refractivity contribution in [2.45, 2.75) is 17.4 Å². The van der Waals surface area contributed by atoms with Crippen LogP contribution < -0.4 is 10.2 Å². The summed E-state index contributed by atoms with van der Waals surface area (Å²) in [6.07, 6.45) is -1.51. The van der Waals surface area contributed by atoms with Gasteiger partial charge in [0.2, 0.25) is 5.91 Å². The van der Waals surface area contributed by atoms with Crippen LogP contribution in [-0.2, 0) is 19.2 Å². The van der Waals surface area contributed by atoms with Gasteiger partial charge in [0.15, 0.2) is 15.1 Å². The van der Waals surface area contributed by atoms with E-state index in [0.717, 1.165) is 12.1 Å². The Bertz CT molecular complexity index is 1740. The number of hydrogen-bond donors (Lipinski definition) is 4. The number of amides is 1. The normalized spacial score (nSPS) is 18.1. The number of hydrogen-bond acceptors (Lipinski definition) is 6. The lowest BCUT2D eigenvalue weighted by atomic mass is 9.90. The van der Waals surface area contributed by atoms with Gasteiger partial charge in [0, 0.05) is 11.3 Å². The SMILES string of the molecule is O=C1[C@H](S(=O)(=O)C[C@H](O)c2ccc(F)cc2)[C@@H](c2ccc(-c3ccc(P(=O)(O)O)cc3)cc2O)N1c1ccccc1. The first-order chi connectivity index (χ1) is 19.4. The lowest BCUT2D eigenvalue weighted by Crippen LogP contribution is -2.62. The summed E-state index contributed by atoms with van der Waals surface area (Å²) in [7, 11) is -8.72. The van der Waals surface area contributed by atoms with Crippen molar-refractivity contribution in [3.63, 3.8) is 0 Å². The maximum Gasteiger partial charge on any atom is 0.356 e. The zero-order valence-corrected chi connectivity index (χ0v) is 23.0. The number of aromatic hydroxyl groups is 1. The number of nitrogens with zero attached hydrogens (tertiary/aromatic N) is 1. The van der Waals surface area contributed by atoms with E-state index >= 15 is 0 Å². The summed E-state index contributed by atoms with van der Waals surface area (Å²) in [5.74, 6) is -2.35. The van der Waals surface area contributed by atoms with E-state index in [2.05, 4.69) is 0 Å². The topological polar surface area (TPSA) is 152 Å². The number of sulfone groups is 1. The molecule has 4 N–H and O–H groups in total. The fourth-order valence-electron chi connectivity index (χ4n) is 4.92. The van der Waals surface area contributed by atoms with Crippen LogP contribution in [0.1, 0.15) is 23.3 Å². The van der Waals surface area contributed by atoms with Gasteiger partial charge in [-0.1, -0.05) is 54.6 Å². The molecule has 0 spiro atoms. The number of benzene rings is 4. The number of phenolic OH excluding ortho intramolecular Hbond substituents is 1. The Labute approximate surface area is 235 Å². The molecule has 1 aliphatic heterocycles. The van der Waals surface area contributed by atoms with Gasteiger partial charge < -0.3 is 24.9 Å². The molecule has 41 heavy (non-hydrogen) atoms. The average molecular weight is 598 g/mol. The third-order valence-electron chi connectivity index (χ3n) is 7.00. The second-order valence-corrected chi connectivity index (χ2v) is 13.4. The molecule has 0 aliphatic carbocycles. The van der Waals surface area contributed by atoms with E-state index in [1.165, 1.54) is 53.4 Å². The van der Waals surface area contributed by atoms with Crippen LogP contribution in [0.2, 0.25) is 0 Å². The van der Waals surface area contributed by atoms with Gasteiger partial charge in [0.05, 0.1) is 23.2 Å². The molecule has 1 heterocycles. The van der Waals surface area contributed by atoms with Gasteiger partial charge >= 0.3 is 7.60 Å². The first-order valence-electron chi connectivity index (χ1n) is 12.4. The van der Waals surface area contributed by atoms with Gasteiger partial charge in [-0.25, -0.2) is 12.8 Å². The van der Waals surface area contributed by atoms with Gasteiger partial charge in [-0.05, 0) is 59.2 Å². The Morgan fingerprint density at radius 1 is 0.878 bits per heavy atom. The molecule has 3 atom stereocenters. The van der Waals surface area contributed by atoms with Crippen molar-refractivity contribution in [1.29, 1.82) is 0 Å². The summed E-state index contributed by atoms with van der Waals surface area (Å²) < 4.78 is 51.8. The molecule has 4 aromatic carbocycles. The molecular weight excluding hydrogens is 572 g/mol. The van der Waals surface area contributed by atoms with Crippen LogP contribution >= 0.6 is 7.60 Å². The van der Waals surface area contributed by atoms with E-state index in [1.54, 1.807) is 36.4 Å². The van der Waals surface area contributed by atoms with Gasteiger partial charge in [-0.2, -0.15) is 0 Å². The third-order valence-corrected chi connectivity index (χ3v) is 9.98. The number of aliphatic hydroxyl groups is 1. The van der Waals surface area contributed by atoms with Crippen molar-refractivity contribution in [2.75, 3.05) is 10.7 Å². The van der Waals surface area contributed by atoms with E-state index in [1.807, 2.05) is 0 Å². The smallest absolute Gasteiger partial charge is 0.356 e. The molecule has 1 saturated heterocycles. The molecule has 1 fully saturated rings. The lowest BCUT2D eigenvalue weighted by molar-refractivity contribution is -0.123. The molecular formula is C29H25FNO8PS. The van der Waals surface area contributed by atoms with Crippen molar-refractivity contribution in [1.82, 2.24) is 0 Å². The molecule has 5 rings (SSSR count).